The normalized spacial score (nSPS) is 13.1. The molecule has 0 rings (SSSR count). The van der Waals surface area contributed by atoms with Gasteiger partial charge in [0.05, 0.1) is 13.1 Å². The summed E-state index contributed by atoms with van der Waals surface area (Å²) in [5.74, 6) is -2.87. The first-order chi connectivity index (χ1) is 10.7. The van der Waals surface area contributed by atoms with E-state index in [1.807, 2.05) is 13.8 Å². The zero-order valence-corrected chi connectivity index (χ0v) is 14.1. The van der Waals surface area contributed by atoms with Crippen molar-refractivity contribution in [2.24, 2.45) is 11.7 Å². The van der Waals surface area contributed by atoms with Crippen LogP contribution in [0.5, 0.6) is 0 Å². The number of carboxylic acids is 1. The molecule has 0 heterocycles. The summed E-state index contributed by atoms with van der Waals surface area (Å²) in [4.78, 5) is 45.9. The Kier molecular flexibility index (Phi) is 9.99. The molecule has 0 aliphatic heterocycles. The van der Waals surface area contributed by atoms with Crippen LogP contribution >= 0.6 is 12.6 Å². The Morgan fingerprint density at radius 3 is 2.13 bits per heavy atom. The summed E-state index contributed by atoms with van der Waals surface area (Å²) in [6, 6.07) is -2.05. The average molecular weight is 348 g/mol. The summed E-state index contributed by atoms with van der Waals surface area (Å²) in [5.41, 5.74) is 5.10. The Hall–Kier alpha value is -1.81. The van der Waals surface area contributed by atoms with E-state index in [2.05, 4.69) is 28.6 Å². The molecule has 10 heteroatoms. The van der Waals surface area contributed by atoms with Crippen molar-refractivity contribution in [2.45, 2.75) is 32.4 Å². The highest BCUT2D eigenvalue weighted by Crippen LogP contribution is 2.05. The molecule has 0 aliphatic carbocycles. The Labute approximate surface area is 140 Å². The molecule has 23 heavy (non-hydrogen) atoms. The Morgan fingerprint density at radius 1 is 1.09 bits per heavy atom. The molecule has 9 nitrogen and oxygen atoms in total. The molecule has 3 amide bonds. The summed E-state index contributed by atoms with van der Waals surface area (Å²) in [6.45, 7) is 3.16. The molecule has 2 atom stereocenters. The van der Waals surface area contributed by atoms with Gasteiger partial charge >= 0.3 is 5.97 Å². The van der Waals surface area contributed by atoms with E-state index in [1.54, 1.807) is 0 Å². The monoisotopic (exact) mass is 348 g/mol. The van der Waals surface area contributed by atoms with Gasteiger partial charge in [0, 0.05) is 5.75 Å². The van der Waals surface area contributed by atoms with Crippen LogP contribution in [0.15, 0.2) is 0 Å². The first-order valence-electron chi connectivity index (χ1n) is 7.11. The highest BCUT2D eigenvalue weighted by Gasteiger charge is 2.26. The highest BCUT2D eigenvalue weighted by molar-refractivity contribution is 7.80. The third-order valence-corrected chi connectivity index (χ3v) is 3.15. The van der Waals surface area contributed by atoms with Gasteiger partial charge in [-0.3, -0.25) is 14.4 Å². The standard InChI is InChI=1S/C13H24N4O5S/c1-7(2)3-8(12(20)17-9(6-23)13(21)22)16-11(19)5-15-10(18)4-14/h7-9,23H,3-6,14H2,1-2H3,(H,15,18)(H,16,19)(H,17,20)(H,21,22). The predicted molar refractivity (Wildman–Crippen MR) is 86.9 cm³/mol. The summed E-state index contributed by atoms with van der Waals surface area (Å²) < 4.78 is 0. The van der Waals surface area contributed by atoms with Gasteiger partial charge in [-0.05, 0) is 12.3 Å². The van der Waals surface area contributed by atoms with Gasteiger partial charge in [0.2, 0.25) is 17.7 Å². The summed E-state index contributed by atoms with van der Waals surface area (Å²) >= 11 is 3.86. The zero-order chi connectivity index (χ0) is 18.0. The minimum Gasteiger partial charge on any atom is -0.480 e. The first kappa shape index (κ1) is 21.2. The Bertz CT molecular complexity index is 444. The first-order valence-corrected chi connectivity index (χ1v) is 7.74. The molecule has 0 fully saturated rings. The van der Waals surface area contributed by atoms with E-state index >= 15 is 0 Å². The van der Waals surface area contributed by atoms with Crippen LogP contribution in [0.3, 0.4) is 0 Å². The number of rotatable bonds is 10. The zero-order valence-electron chi connectivity index (χ0n) is 13.2. The third kappa shape index (κ3) is 9.04. The smallest absolute Gasteiger partial charge is 0.327 e. The topological polar surface area (TPSA) is 151 Å². The number of carbonyl (C=O) groups is 4. The quantitative estimate of drug-likeness (QED) is 0.254. The molecule has 2 unspecified atom stereocenters. The number of carboxylic acid groups (broad SMARTS) is 1. The van der Waals surface area contributed by atoms with Crippen LogP contribution in [0.1, 0.15) is 20.3 Å². The number of carbonyl (C=O) groups excluding carboxylic acids is 3. The van der Waals surface area contributed by atoms with Crippen LogP contribution in [0.4, 0.5) is 0 Å². The number of hydrogen-bond donors (Lipinski definition) is 6. The lowest BCUT2D eigenvalue weighted by atomic mass is 10.0. The van der Waals surface area contributed by atoms with Gasteiger partial charge in [-0.25, -0.2) is 4.79 Å². The maximum Gasteiger partial charge on any atom is 0.327 e. The minimum absolute atomic E-state index is 0.0734. The van der Waals surface area contributed by atoms with Gasteiger partial charge in [-0.2, -0.15) is 12.6 Å². The van der Waals surface area contributed by atoms with Crippen molar-refractivity contribution in [1.82, 2.24) is 16.0 Å². The van der Waals surface area contributed by atoms with Crippen LogP contribution in [-0.4, -0.2) is 59.7 Å². The molecular formula is C13H24N4O5S. The maximum absolute atomic E-state index is 12.2. The van der Waals surface area contributed by atoms with Crippen molar-refractivity contribution in [1.29, 1.82) is 0 Å². The van der Waals surface area contributed by atoms with E-state index in [4.69, 9.17) is 10.8 Å². The number of hydrogen-bond acceptors (Lipinski definition) is 6. The fraction of sp³-hybridized carbons (Fsp3) is 0.692. The van der Waals surface area contributed by atoms with Crippen molar-refractivity contribution in [3.05, 3.63) is 0 Å². The lowest BCUT2D eigenvalue weighted by Crippen LogP contribution is -2.54. The average Bonchev–Trinajstić information content (AvgIpc) is 2.48. The molecule has 0 saturated carbocycles. The summed E-state index contributed by atoms with van der Waals surface area (Å²) in [7, 11) is 0. The molecule has 0 radical (unpaired) electrons. The maximum atomic E-state index is 12.2. The van der Waals surface area contributed by atoms with Gasteiger partial charge < -0.3 is 26.8 Å². The third-order valence-electron chi connectivity index (χ3n) is 2.79. The Morgan fingerprint density at radius 2 is 1.70 bits per heavy atom. The van der Waals surface area contributed by atoms with E-state index in [1.165, 1.54) is 0 Å². The van der Waals surface area contributed by atoms with Crippen LogP contribution < -0.4 is 21.7 Å². The highest BCUT2D eigenvalue weighted by atomic mass is 32.1. The molecule has 0 spiro atoms. The molecule has 0 aromatic heterocycles. The van der Waals surface area contributed by atoms with E-state index in [-0.39, 0.29) is 24.8 Å². The molecule has 0 aromatic carbocycles. The molecule has 6 N–H and O–H groups in total. The molecule has 0 bridgehead atoms. The SMILES string of the molecule is CC(C)CC(NC(=O)CNC(=O)CN)C(=O)NC(CS)C(=O)O. The van der Waals surface area contributed by atoms with Crippen LogP contribution in [0.2, 0.25) is 0 Å². The van der Waals surface area contributed by atoms with Crippen molar-refractivity contribution in [2.75, 3.05) is 18.8 Å². The van der Waals surface area contributed by atoms with Gasteiger partial charge in [0.1, 0.15) is 12.1 Å². The second kappa shape index (κ2) is 10.8. The lowest BCUT2D eigenvalue weighted by molar-refractivity contribution is -0.141. The van der Waals surface area contributed by atoms with Crippen molar-refractivity contribution >= 4 is 36.3 Å². The van der Waals surface area contributed by atoms with E-state index in [9.17, 15) is 19.2 Å². The van der Waals surface area contributed by atoms with Gasteiger partial charge in [-0.15, -0.1) is 0 Å². The second-order valence-electron chi connectivity index (χ2n) is 5.31. The van der Waals surface area contributed by atoms with Gasteiger partial charge in [0.25, 0.3) is 0 Å². The van der Waals surface area contributed by atoms with Crippen LogP contribution in [0, 0.1) is 5.92 Å². The number of thiol groups is 1. The predicted octanol–water partition coefficient (Wildman–Crippen LogP) is -1.91. The van der Waals surface area contributed by atoms with Gasteiger partial charge in [0.15, 0.2) is 0 Å². The summed E-state index contributed by atoms with van der Waals surface area (Å²) in [5, 5.41) is 16.0. The minimum atomic E-state index is -1.21. The molecule has 0 saturated heterocycles. The molecule has 132 valence electrons. The van der Waals surface area contributed by atoms with Gasteiger partial charge in [-0.1, -0.05) is 13.8 Å². The van der Waals surface area contributed by atoms with E-state index < -0.39 is 35.8 Å². The van der Waals surface area contributed by atoms with E-state index in [0.717, 1.165) is 0 Å². The molecule has 0 aliphatic rings. The fourth-order valence-corrected chi connectivity index (χ4v) is 1.90. The van der Waals surface area contributed by atoms with Crippen molar-refractivity contribution < 1.29 is 24.3 Å². The largest absolute Gasteiger partial charge is 0.480 e. The molecular weight excluding hydrogens is 324 g/mol. The van der Waals surface area contributed by atoms with E-state index in [0.29, 0.717) is 6.42 Å². The van der Waals surface area contributed by atoms with Crippen LogP contribution in [-0.2, 0) is 19.2 Å². The number of amides is 3. The lowest BCUT2D eigenvalue weighted by Gasteiger charge is -2.22. The van der Waals surface area contributed by atoms with Crippen molar-refractivity contribution in [3.8, 4) is 0 Å². The second-order valence-corrected chi connectivity index (χ2v) is 5.68. The van der Waals surface area contributed by atoms with Crippen LogP contribution in [0.25, 0.3) is 0 Å². The number of aliphatic carboxylic acids is 1. The fourth-order valence-electron chi connectivity index (χ4n) is 1.66. The number of nitrogens with one attached hydrogen (secondary N) is 3. The van der Waals surface area contributed by atoms with Crippen molar-refractivity contribution in [3.63, 3.8) is 0 Å². The number of nitrogens with two attached hydrogens (primary N) is 1. The molecule has 0 aromatic rings. The summed E-state index contributed by atoms with van der Waals surface area (Å²) in [6.07, 6.45) is 0.321. The Balaban J connectivity index is 4.73.